The Morgan fingerprint density at radius 3 is 2.27 bits per heavy atom. The second-order valence-electron chi connectivity index (χ2n) is 11.6. The number of fused-ring (bicyclic) bond motifs is 2. The number of carbonyl (C=O) groups is 2. The smallest absolute Gasteiger partial charge is 0.248 e. The molecule has 2 aromatic carbocycles. The number of likely N-dealkylation sites (tertiary alicyclic amines) is 1. The maximum Gasteiger partial charge on any atom is 0.248 e. The number of hydrogen-bond donors (Lipinski definition) is 4. The number of nitrogens with zero attached hydrogens (tertiary/aromatic N) is 5. The molecule has 1 aliphatic heterocycles. The minimum atomic E-state index is -0.877. The van der Waals surface area contributed by atoms with Crippen molar-refractivity contribution in [1.29, 1.82) is 5.26 Å². The molecule has 1 atom stereocenters. The van der Waals surface area contributed by atoms with Crippen LogP contribution in [0.1, 0.15) is 81.9 Å². The predicted octanol–water partition coefficient (Wildman–Crippen LogP) is 2.09. The van der Waals surface area contributed by atoms with Gasteiger partial charge < -0.3 is 21.7 Å². The van der Waals surface area contributed by atoms with Crippen LogP contribution in [0.4, 0.5) is 0 Å². The topological polar surface area (TPSA) is 180 Å². The predicted molar refractivity (Wildman–Crippen MR) is 153 cm³/mol. The van der Waals surface area contributed by atoms with Crippen LogP contribution in [-0.4, -0.2) is 62.0 Å². The van der Waals surface area contributed by atoms with Crippen LogP contribution in [0.3, 0.4) is 0 Å². The number of nitrogens with one attached hydrogen (secondary N) is 2. The van der Waals surface area contributed by atoms with E-state index in [9.17, 15) is 14.9 Å². The molecule has 1 aromatic heterocycles. The Bertz CT molecular complexity index is 1470. The number of carbonyl (C=O) groups excluding carboxylic acids is 2. The maximum atomic E-state index is 12.1. The molecule has 1 aliphatic carbocycles. The zero-order valence-corrected chi connectivity index (χ0v) is 23.4. The van der Waals surface area contributed by atoms with Crippen molar-refractivity contribution in [2.24, 2.45) is 11.5 Å². The van der Waals surface area contributed by atoms with E-state index in [1.807, 2.05) is 24.3 Å². The molecule has 6 N–H and O–H groups in total. The Morgan fingerprint density at radius 2 is 1.76 bits per heavy atom. The Labute approximate surface area is 239 Å². The molecule has 11 nitrogen and oxygen atoms in total. The molecule has 0 saturated carbocycles. The first-order chi connectivity index (χ1) is 19.6. The molecule has 0 spiro atoms. The number of aryl methyl sites for hydroxylation is 2. The molecule has 1 saturated heterocycles. The lowest BCUT2D eigenvalue weighted by molar-refractivity contribution is 0.0991. The SMILES string of the molecule is C=C(CNC(C)(C)CC1(c2nnn[nH]2)c2ccc(C(N)=O)cc2CCc2cc(C(N)=O)ccc21)N1CCCC1C#N. The second kappa shape index (κ2) is 10.8. The third-order valence-electron chi connectivity index (χ3n) is 8.40. The van der Waals surface area contributed by atoms with E-state index in [0.29, 0.717) is 42.8 Å². The Morgan fingerprint density at radius 1 is 1.15 bits per heavy atom. The average Bonchev–Trinajstić information content (AvgIpc) is 3.64. The van der Waals surface area contributed by atoms with Crippen molar-refractivity contribution < 1.29 is 9.59 Å². The first kappa shape index (κ1) is 28.0. The van der Waals surface area contributed by atoms with E-state index < -0.39 is 22.8 Å². The average molecular weight is 554 g/mol. The van der Waals surface area contributed by atoms with Gasteiger partial charge in [0.2, 0.25) is 11.8 Å². The zero-order valence-electron chi connectivity index (χ0n) is 23.4. The Kier molecular flexibility index (Phi) is 7.36. The first-order valence-electron chi connectivity index (χ1n) is 13.8. The van der Waals surface area contributed by atoms with Crippen molar-refractivity contribution in [2.45, 2.75) is 62.9 Å². The molecule has 41 heavy (non-hydrogen) atoms. The lowest BCUT2D eigenvalue weighted by Crippen LogP contribution is -2.49. The molecule has 2 aliphatic rings. The number of benzene rings is 2. The number of aromatic nitrogens is 4. The van der Waals surface area contributed by atoms with Crippen molar-refractivity contribution >= 4 is 11.8 Å². The van der Waals surface area contributed by atoms with Crippen molar-refractivity contribution in [2.75, 3.05) is 13.1 Å². The summed E-state index contributed by atoms with van der Waals surface area (Å²) in [5.41, 5.74) is 15.4. The van der Waals surface area contributed by atoms with Gasteiger partial charge in [0.25, 0.3) is 0 Å². The van der Waals surface area contributed by atoms with Crippen molar-refractivity contribution in [3.05, 3.63) is 87.9 Å². The highest BCUT2D eigenvalue weighted by Crippen LogP contribution is 2.48. The molecule has 5 rings (SSSR count). The third kappa shape index (κ3) is 5.18. The van der Waals surface area contributed by atoms with Crippen LogP contribution in [0.2, 0.25) is 0 Å². The molecule has 3 aromatic rings. The summed E-state index contributed by atoms with van der Waals surface area (Å²) < 4.78 is 0. The summed E-state index contributed by atoms with van der Waals surface area (Å²) in [6, 6.07) is 13.3. The fourth-order valence-electron chi connectivity index (χ4n) is 6.47. The van der Waals surface area contributed by atoms with Crippen LogP contribution in [0, 0.1) is 11.3 Å². The van der Waals surface area contributed by atoms with Crippen LogP contribution in [-0.2, 0) is 18.3 Å². The number of amides is 2. The van der Waals surface area contributed by atoms with E-state index in [0.717, 1.165) is 47.3 Å². The summed E-state index contributed by atoms with van der Waals surface area (Å²) in [5, 5.41) is 28.6. The highest BCUT2D eigenvalue weighted by atomic mass is 16.1. The highest BCUT2D eigenvalue weighted by molar-refractivity contribution is 5.94. The summed E-state index contributed by atoms with van der Waals surface area (Å²) in [5.74, 6) is -0.468. The van der Waals surface area contributed by atoms with Gasteiger partial charge in [-0.3, -0.25) is 9.59 Å². The number of nitriles is 1. The van der Waals surface area contributed by atoms with Gasteiger partial charge in [-0.15, -0.1) is 5.10 Å². The molecule has 0 radical (unpaired) electrons. The minimum absolute atomic E-state index is 0.154. The van der Waals surface area contributed by atoms with Crippen LogP contribution < -0.4 is 16.8 Å². The standard InChI is InChI=1S/C30H35N9O2/c1-18(39-12-4-5-23(39)15-31)16-34-29(2,3)17-30(28-35-37-38-36-28)24-10-8-21(26(32)40)13-19(24)6-7-20-14-22(27(33)41)9-11-25(20)30/h8-11,13-14,23,34H,1,4-7,12,16-17H2,2-3H3,(H2,32,40)(H2,33,41)(H,35,36,37,38). The molecule has 0 bridgehead atoms. The maximum absolute atomic E-state index is 12.1. The van der Waals surface area contributed by atoms with Crippen molar-refractivity contribution in [3.8, 4) is 6.07 Å². The summed E-state index contributed by atoms with van der Waals surface area (Å²) in [6.07, 6.45) is 3.55. The van der Waals surface area contributed by atoms with Gasteiger partial charge in [0, 0.05) is 35.5 Å². The number of aromatic amines is 1. The van der Waals surface area contributed by atoms with Crippen LogP contribution in [0.25, 0.3) is 0 Å². The van der Waals surface area contributed by atoms with Gasteiger partial charge >= 0.3 is 0 Å². The quantitative estimate of drug-likeness (QED) is 0.311. The number of nitrogens with two attached hydrogens (primary N) is 2. The van der Waals surface area contributed by atoms with E-state index in [-0.39, 0.29) is 6.04 Å². The summed E-state index contributed by atoms with van der Waals surface area (Å²) >= 11 is 0. The van der Waals surface area contributed by atoms with Gasteiger partial charge in [-0.25, -0.2) is 5.10 Å². The van der Waals surface area contributed by atoms with Crippen molar-refractivity contribution in [1.82, 2.24) is 30.8 Å². The van der Waals surface area contributed by atoms with Gasteiger partial charge in [-0.2, -0.15) is 5.26 Å². The van der Waals surface area contributed by atoms with E-state index in [2.05, 4.69) is 57.3 Å². The Balaban J connectivity index is 1.62. The van der Waals surface area contributed by atoms with E-state index in [1.54, 1.807) is 12.1 Å². The highest BCUT2D eigenvalue weighted by Gasteiger charge is 2.47. The lowest BCUT2D eigenvalue weighted by Gasteiger charge is -2.41. The molecular weight excluding hydrogens is 518 g/mol. The normalized spacial score (nSPS) is 17.7. The van der Waals surface area contributed by atoms with Gasteiger partial charge in [-0.1, -0.05) is 18.7 Å². The van der Waals surface area contributed by atoms with Gasteiger partial charge in [0.1, 0.15) is 6.04 Å². The lowest BCUT2D eigenvalue weighted by atomic mass is 9.65. The summed E-state index contributed by atoms with van der Waals surface area (Å²) in [4.78, 5) is 26.3. The van der Waals surface area contributed by atoms with Crippen molar-refractivity contribution in [3.63, 3.8) is 0 Å². The monoisotopic (exact) mass is 553 g/mol. The Hall–Kier alpha value is -4.56. The third-order valence-corrected chi connectivity index (χ3v) is 8.40. The van der Waals surface area contributed by atoms with Crippen LogP contribution in [0.15, 0.2) is 48.7 Å². The molecule has 1 fully saturated rings. The second-order valence-corrected chi connectivity index (χ2v) is 11.6. The van der Waals surface area contributed by atoms with Gasteiger partial charge in [0.05, 0.1) is 11.5 Å². The van der Waals surface area contributed by atoms with Crippen LogP contribution >= 0.6 is 0 Å². The molecule has 1 unspecified atom stereocenters. The molecule has 2 amide bonds. The van der Waals surface area contributed by atoms with Crippen LogP contribution in [0.5, 0.6) is 0 Å². The summed E-state index contributed by atoms with van der Waals surface area (Å²) in [6.45, 7) is 9.81. The number of H-pyrrole nitrogens is 1. The zero-order chi connectivity index (χ0) is 29.4. The minimum Gasteiger partial charge on any atom is -0.366 e. The largest absolute Gasteiger partial charge is 0.366 e. The summed E-state index contributed by atoms with van der Waals surface area (Å²) in [7, 11) is 0. The fraction of sp³-hybridized carbons (Fsp3) is 0.400. The molecule has 11 heteroatoms. The number of rotatable bonds is 9. The first-order valence-corrected chi connectivity index (χ1v) is 13.8. The number of tetrazole rings is 1. The van der Waals surface area contributed by atoms with E-state index in [1.165, 1.54) is 0 Å². The van der Waals surface area contributed by atoms with E-state index in [4.69, 9.17) is 11.5 Å². The molecule has 212 valence electrons. The van der Waals surface area contributed by atoms with Gasteiger partial charge in [0.15, 0.2) is 5.82 Å². The van der Waals surface area contributed by atoms with E-state index >= 15 is 0 Å². The number of primary amides is 2. The molecular formula is C30H35N9O2. The number of hydrogen-bond acceptors (Lipinski definition) is 8. The molecule has 2 heterocycles. The van der Waals surface area contributed by atoms with Gasteiger partial charge in [-0.05, 0) is 103 Å². The fourth-order valence-corrected chi connectivity index (χ4v) is 6.47.